The number of aromatic nitrogens is 1. The maximum absolute atomic E-state index is 12.9. The number of carbonyl (C=O) groups excluding carboxylic acids is 2. The highest BCUT2D eigenvalue weighted by Crippen LogP contribution is 2.37. The third-order valence-electron chi connectivity index (χ3n) is 4.46. The zero-order chi connectivity index (χ0) is 19.3. The molecule has 1 aliphatic heterocycles. The molecule has 0 spiro atoms. The summed E-state index contributed by atoms with van der Waals surface area (Å²) in [6.45, 7) is 0.666. The second kappa shape index (κ2) is 7.96. The number of nitrogens with zero attached hydrogens (tertiary/aromatic N) is 2. The first-order valence-corrected chi connectivity index (χ1v) is 9.01. The van der Waals surface area contributed by atoms with Crippen LogP contribution in [0.5, 0.6) is 11.6 Å². The number of nitrogens with one attached hydrogen (secondary N) is 1. The van der Waals surface area contributed by atoms with Crippen LogP contribution in [0.1, 0.15) is 24.2 Å². The molecule has 0 saturated heterocycles. The normalized spacial score (nSPS) is 12.4. The molecule has 0 aliphatic carbocycles. The van der Waals surface area contributed by atoms with Gasteiger partial charge < -0.3 is 19.4 Å². The van der Waals surface area contributed by atoms with Crippen molar-refractivity contribution in [2.45, 2.75) is 25.9 Å². The smallest absolute Gasteiger partial charge is 0.243 e. The van der Waals surface area contributed by atoms with Crippen LogP contribution in [0.3, 0.4) is 0 Å². The highest BCUT2D eigenvalue weighted by molar-refractivity contribution is 5.96. The summed E-state index contributed by atoms with van der Waals surface area (Å²) in [5.74, 6) is 1.35. The minimum Gasteiger partial charge on any atom is -0.467 e. The van der Waals surface area contributed by atoms with E-state index < -0.39 is 0 Å². The summed E-state index contributed by atoms with van der Waals surface area (Å²) in [5.41, 5.74) is 1.48. The number of hydrogen-bond donors (Lipinski definition) is 1. The third kappa shape index (κ3) is 3.88. The summed E-state index contributed by atoms with van der Waals surface area (Å²) >= 11 is 0. The Balaban J connectivity index is 1.45. The van der Waals surface area contributed by atoms with Gasteiger partial charge in [0.2, 0.25) is 17.7 Å². The number of fused-ring (bicyclic) bond motifs is 2. The molecule has 0 saturated carbocycles. The van der Waals surface area contributed by atoms with Gasteiger partial charge >= 0.3 is 0 Å². The maximum Gasteiger partial charge on any atom is 0.243 e. The maximum atomic E-state index is 12.9. The lowest BCUT2D eigenvalue weighted by molar-refractivity contribution is -0.125. The first-order chi connectivity index (χ1) is 13.7. The summed E-state index contributed by atoms with van der Waals surface area (Å²) in [6.07, 6.45) is 3.35. The SMILES string of the molecule is O=C(CCC(=O)N1Cc2ccccc2Oc2ncccc21)NCc1ccco1. The standard InChI is InChI=1S/C21H19N3O4/c25-19(23-13-16-6-4-12-27-16)9-10-20(26)24-14-15-5-1-2-8-18(15)28-21-17(24)7-3-11-22-21/h1-8,11-12H,9-10,13-14H2,(H,23,25). The van der Waals surface area contributed by atoms with Crippen molar-refractivity contribution in [3.05, 3.63) is 72.3 Å². The van der Waals surface area contributed by atoms with Crippen molar-refractivity contribution in [2.24, 2.45) is 0 Å². The van der Waals surface area contributed by atoms with Crippen LogP contribution in [0.25, 0.3) is 0 Å². The first kappa shape index (κ1) is 17.8. The molecule has 0 atom stereocenters. The largest absolute Gasteiger partial charge is 0.467 e. The van der Waals surface area contributed by atoms with E-state index in [2.05, 4.69) is 10.3 Å². The van der Waals surface area contributed by atoms with E-state index in [1.807, 2.05) is 24.3 Å². The number of rotatable bonds is 5. The van der Waals surface area contributed by atoms with E-state index in [1.165, 1.54) is 0 Å². The van der Waals surface area contributed by atoms with Gasteiger partial charge in [0.25, 0.3) is 0 Å². The Hall–Kier alpha value is -3.61. The number of para-hydroxylation sites is 1. The number of anilines is 1. The lowest BCUT2D eigenvalue weighted by atomic mass is 10.1. The molecule has 1 aliphatic rings. The van der Waals surface area contributed by atoms with Gasteiger partial charge in [-0.25, -0.2) is 4.98 Å². The zero-order valence-corrected chi connectivity index (χ0v) is 15.1. The fourth-order valence-corrected chi connectivity index (χ4v) is 3.03. The fourth-order valence-electron chi connectivity index (χ4n) is 3.03. The van der Waals surface area contributed by atoms with Crippen LogP contribution in [0.15, 0.2) is 65.4 Å². The van der Waals surface area contributed by atoms with Crippen molar-refractivity contribution in [1.29, 1.82) is 0 Å². The fraction of sp³-hybridized carbons (Fsp3) is 0.190. The van der Waals surface area contributed by atoms with E-state index in [4.69, 9.17) is 9.15 Å². The van der Waals surface area contributed by atoms with Gasteiger partial charge in [0.05, 0.1) is 19.4 Å². The second-order valence-electron chi connectivity index (χ2n) is 6.37. The third-order valence-corrected chi connectivity index (χ3v) is 4.46. The van der Waals surface area contributed by atoms with Crippen molar-refractivity contribution in [3.63, 3.8) is 0 Å². The van der Waals surface area contributed by atoms with Gasteiger partial charge in [-0.2, -0.15) is 0 Å². The molecule has 2 aromatic heterocycles. The van der Waals surface area contributed by atoms with E-state index >= 15 is 0 Å². The summed E-state index contributed by atoms with van der Waals surface area (Å²) in [7, 11) is 0. The highest BCUT2D eigenvalue weighted by Gasteiger charge is 2.26. The average molecular weight is 377 g/mol. The van der Waals surface area contributed by atoms with Crippen LogP contribution < -0.4 is 15.0 Å². The molecule has 0 unspecified atom stereocenters. The minimum absolute atomic E-state index is 0.0838. The van der Waals surface area contributed by atoms with E-state index in [0.29, 0.717) is 36.2 Å². The van der Waals surface area contributed by atoms with Gasteiger partial charge in [-0.05, 0) is 30.3 Å². The van der Waals surface area contributed by atoms with Crippen molar-refractivity contribution < 1.29 is 18.7 Å². The Morgan fingerprint density at radius 3 is 2.82 bits per heavy atom. The Kier molecular flexibility index (Phi) is 5.05. The van der Waals surface area contributed by atoms with Gasteiger partial charge in [0.15, 0.2) is 0 Å². The summed E-state index contributed by atoms with van der Waals surface area (Å²) in [4.78, 5) is 30.9. The van der Waals surface area contributed by atoms with E-state index in [9.17, 15) is 9.59 Å². The van der Waals surface area contributed by atoms with Crippen LogP contribution in [0.2, 0.25) is 0 Å². The van der Waals surface area contributed by atoms with Crippen LogP contribution in [0.4, 0.5) is 5.69 Å². The molecule has 1 N–H and O–H groups in total. The molecule has 0 radical (unpaired) electrons. The molecule has 2 amide bonds. The predicted octanol–water partition coefficient (Wildman–Crippen LogP) is 3.41. The molecule has 0 fully saturated rings. The first-order valence-electron chi connectivity index (χ1n) is 9.01. The molecule has 7 nitrogen and oxygen atoms in total. The number of carbonyl (C=O) groups is 2. The number of pyridine rings is 1. The number of benzene rings is 1. The Bertz CT molecular complexity index is 985. The van der Waals surface area contributed by atoms with Crippen molar-refractivity contribution in [3.8, 4) is 11.6 Å². The molecule has 4 rings (SSSR count). The van der Waals surface area contributed by atoms with Gasteiger partial charge in [-0.3, -0.25) is 9.59 Å². The number of amides is 2. The summed E-state index contributed by atoms with van der Waals surface area (Å²) < 4.78 is 11.1. The van der Waals surface area contributed by atoms with Gasteiger partial charge in [-0.15, -0.1) is 0 Å². The average Bonchev–Trinajstić information content (AvgIpc) is 3.18. The van der Waals surface area contributed by atoms with Crippen LogP contribution >= 0.6 is 0 Å². The molecule has 3 heterocycles. The molecule has 142 valence electrons. The molecule has 28 heavy (non-hydrogen) atoms. The Morgan fingerprint density at radius 1 is 1.07 bits per heavy atom. The minimum atomic E-state index is -0.206. The summed E-state index contributed by atoms with van der Waals surface area (Å²) in [6, 6.07) is 14.6. The molecular weight excluding hydrogens is 358 g/mol. The number of hydrogen-bond acceptors (Lipinski definition) is 5. The monoisotopic (exact) mass is 377 g/mol. The lowest BCUT2D eigenvalue weighted by Crippen LogP contribution is -2.31. The van der Waals surface area contributed by atoms with Crippen LogP contribution in [-0.4, -0.2) is 16.8 Å². The van der Waals surface area contributed by atoms with E-state index in [1.54, 1.807) is 41.6 Å². The topological polar surface area (TPSA) is 84.7 Å². The molecular formula is C21H19N3O4. The van der Waals surface area contributed by atoms with Crippen LogP contribution in [0, 0.1) is 0 Å². The highest BCUT2D eigenvalue weighted by atomic mass is 16.5. The van der Waals surface area contributed by atoms with Gasteiger partial charge in [-0.1, -0.05) is 18.2 Å². The predicted molar refractivity (Wildman–Crippen MR) is 102 cm³/mol. The van der Waals surface area contributed by atoms with Gasteiger partial charge in [0.1, 0.15) is 17.2 Å². The Labute approximate surface area is 161 Å². The van der Waals surface area contributed by atoms with E-state index in [0.717, 1.165) is 5.56 Å². The zero-order valence-electron chi connectivity index (χ0n) is 15.1. The molecule has 7 heteroatoms. The summed E-state index contributed by atoms with van der Waals surface area (Å²) in [5, 5.41) is 2.75. The van der Waals surface area contributed by atoms with Crippen molar-refractivity contribution >= 4 is 17.5 Å². The second-order valence-corrected chi connectivity index (χ2v) is 6.37. The van der Waals surface area contributed by atoms with Crippen LogP contribution in [-0.2, 0) is 22.7 Å². The van der Waals surface area contributed by atoms with E-state index in [-0.39, 0.29) is 24.7 Å². The Morgan fingerprint density at radius 2 is 1.96 bits per heavy atom. The van der Waals surface area contributed by atoms with Crippen molar-refractivity contribution in [2.75, 3.05) is 4.90 Å². The lowest BCUT2D eigenvalue weighted by Gasteiger charge is -2.21. The number of furan rings is 1. The molecule has 0 bridgehead atoms. The molecule has 3 aromatic rings. The van der Waals surface area contributed by atoms with Gasteiger partial charge in [0, 0.05) is 24.6 Å². The number of ether oxygens (including phenoxy) is 1. The van der Waals surface area contributed by atoms with Crippen molar-refractivity contribution in [1.82, 2.24) is 10.3 Å². The molecule has 1 aromatic carbocycles. The quantitative estimate of drug-likeness (QED) is 0.737.